The topological polar surface area (TPSA) is 75.9 Å². The highest BCUT2D eigenvalue weighted by molar-refractivity contribution is 7.09. The summed E-state index contributed by atoms with van der Waals surface area (Å²) in [6.07, 6.45) is 7.22. The van der Waals surface area contributed by atoms with Crippen LogP contribution in [0, 0.1) is 5.92 Å². The van der Waals surface area contributed by atoms with Gasteiger partial charge in [0.25, 0.3) is 5.91 Å². The summed E-state index contributed by atoms with van der Waals surface area (Å²) in [6, 6.07) is 7.98. The monoisotopic (exact) mass is 382 g/mol. The molecular weight excluding hydrogens is 360 g/mol. The summed E-state index contributed by atoms with van der Waals surface area (Å²) in [5.41, 5.74) is 1.11. The second-order valence-electron chi connectivity index (χ2n) is 6.77. The van der Waals surface area contributed by atoms with E-state index in [1.807, 2.05) is 23.5 Å². The predicted molar refractivity (Wildman–Crippen MR) is 104 cm³/mol. The van der Waals surface area contributed by atoms with E-state index in [0.717, 1.165) is 38.2 Å². The van der Waals surface area contributed by atoms with Gasteiger partial charge in [-0.05, 0) is 55.4 Å². The Morgan fingerprint density at radius 2 is 2.15 bits per heavy atom. The molecule has 3 aromatic rings. The third kappa shape index (κ3) is 4.58. The van der Waals surface area contributed by atoms with Crippen LogP contribution in [0.25, 0.3) is 5.69 Å². The Morgan fingerprint density at radius 3 is 2.89 bits per heavy atom. The van der Waals surface area contributed by atoms with Gasteiger partial charge < -0.3 is 5.32 Å². The van der Waals surface area contributed by atoms with Crippen LogP contribution >= 0.6 is 11.3 Å². The molecule has 1 aliphatic rings. The normalized spacial score (nSPS) is 15.7. The Labute approximate surface area is 162 Å². The van der Waals surface area contributed by atoms with Gasteiger partial charge in [-0.1, -0.05) is 11.3 Å². The number of rotatable bonds is 6. The zero-order valence-electron chi connectivity index (χ0n) is 15.0. The van der Waals surface area contributed by atoms with Crippen LogP contribution in [0.5, 0.6) is 0 Å². The summed E-state index contributed by atoms with van der Waals surface area (Å²) in [7, 11) is 0. The number of pyridine rings is 1. The maximum atomic E-state index is 12.4. The van der Waals surface area contributed by atoms with Crippen LogP contribution in [0.15, 0.2) is 48.2 Å². The molecule has 3 aromatic heterocycles. The van der Waals surface area contributed by atoms with Gasteiger partial charge in [0.15, 0.2) is 5.69 Å². The number of hydrogen-bond acceptors (Lipinski definition) is 6. The van der Waals surface area contributed by atoms with E-state index in [-0.39, 0.29) is 5.91 Å². The Hall–Kier alpha value is -2.58. The zero-order valence-corrected chi connectivity index (χ0v) is 15.8. The van der Waals surface area contributed by atoms with Crippen molar-refractivity contribution in [3.05, 3.63) is 58.8 Å². The molecule has 0 aliphatic carbocycles. The number of hydrogen-bond donors (Lipinski definition) is 1. The first-order valence-corrected chi connectivity index (χ1v) is 10.0. The maximum Gasteiger partial charge on any atom is 0.273 e. The molecule has 8 heteroatoms. The first kappa shape index (κ1) is 17.8. The number of thiophene rings is 1. The summed E-state index contributed by atoms with van der Waals surface area (Å²) in [5.74, 6) is 0.341. The molecule has 0 saturated carbocycles. The molecule has 1 fully saturated rings. The minimum Gasteiger partial charge on any atom is -0.350 e. The summed E-state index contributed by atoms with van der Waals surface area (Å²) >= 11 is 1.81. The van der Waals surface area contributed by atoms with Crippen LogP contribution in [0.4, 0.5) is 0 Å². The van der Waals surface area contributed by atoms with Crippen LogP contribution in [-0.4, -0.2) is 50.4 Å². The fourth-order valence-corrected chi connectivity index (χ4v) is 4.03. The Balaban J connectivity index is 1.24. The molecule has 0 spiro atoms. The Morgan fingerprint density at radius 1 is 1.26 bits per heavy atom. The average molecular weight is 382 g/mol. The van der Waals surface area contributed by atoms with E-state index in [4.69, 9.17) is 0 Å². The van der Waals surface area contributed by atoms with E-state index >= 15 is 0 Å². The number of nitrogens with zero attached hydrogens (tertiary/aromatic N) is 5. The van der Waals surface area contributed by atoms with E-state index in [0.29, 0.717) is 18.2 Å². The van der Waals surface area contributed by atoms with Crippen molar-refractivity contribution in [1.82, 2.24) is 30.2 Å². The van der Waals surface area contributed by atoms with Crippen LogP contribution in [0.3, 0.4) is 0 Å². The molecular formula is C19H22N6OS. The van der Waals surface area contributed by atoms with Crippen LogP contribution in [0.1, 0.15) is 28.2 Å². The molecule has 27 heavy (non-hydrogen) atoms. The SMILES string of the molecule is O=C(NCC1CCN(Cc2cccs2)CC1)c1cn(-c2cccnc2)nn1. The molecule has 1 aliphatic heterocycles. The first-order valence-electron chi connectivity index (χ1n) is 9.13. The lowest BCUT2D eigenvalue weighted by atomic mass is 9.96. The van der Waals surface area contributed by atoms with Crippen molar-refractivity contribution in [3.8, 4) is 5.69 Å². The highest BCUT2D eigenvalue weighted by Gasteiger charge is 2.21. The number of likely N-dealkylation sites (tertiary alicyclic amines) is 1. The van der Waals surface area contributed by atoms with Gasteiger partial charge in [-0.25, -0.2) is 4.68 Å². The average Bonchev–Trinajstić information content (AvgIpc) is 3.40. The van der Waals surface area contributed by atoms with Crippen LogP contribution in [0.2, 0.25) is 0 Å². The number of carbonyl (C=O) groups is 1. The van der Waals surface area contributed by atoms with E-state index in [9.17, 15) is 4.79 Å². The molecule has 0 aromatic carbocycles. The molecule has 140 valence electrons. The quantitative estimate of drug-likeness (QED) is 0.708. The minimum absolute atomic E-state index is 0.175. The molecule has 0 radical (unpaired) electrons. The number of carbonyl (C=O) groups excluding carboxylic acids is 1. The Kier molecular flexibility index (Phi) is 5.55. The molecule has 4 heterocycles. The highest BCUT2D eigenvalue weighted by atomic mass is 32.1. The van der Waals surface area contributed by atoms with Crippen LogP contribution in [-0.2, 0) is 6.54 Å². The minimum atomic E-state index is -0.175. The third-order valence-electron chi connectivity index (χ3n) is 4.85. The molecule has 4 rings (SSSR count). The molecule has 0 atom stereocenters. The lowest BCUT2D eigenvalue weighted by Gasteiger charge is -2.31. The summed E-state index contributed by atoms with van der Waals surface area (Å²) in [6.45, 7) is 3.88. The lowest BCUT2D eigenvalue weighted by Crippen LogP contribution is -2.38. The maximum absolute atomic E-state index is 12.4. The first-order chi connectivity index (χ1) is 13.3. The predicted octanol–water partition coefficient (Wildman–Crippen LogP) is 2.37. The van der Waals surface area contributed by atoms with Crippen molar-refractivity contribution >= 4 is 17.2 Å². The van der Waals surface area contributed by atoms with Gasteiger partial charge in [0.1, 0.15) is 0 Å². The van der Waals surface area contributed by atoms with Crippen molar-refractivity contribution in [2.45, 2.75) is 19.4 Å². The van der Waals surface area contributed by atoms with Crippen molar-refractivity contribution in [1.29, 1.82) is 0 Å². The summed E-state index contributed by atoms with van der Waals surface area (Å²) in [5, 5.41) is 13.1. The smallest absolute Gasteiger partial charge is 0.273 e. The van der Waals surface area contributed by atoms with Crippen molar-refractivity contribution < 1.29 is 4.79 Å². The third-order valence-corrected chi connectivity index (χ3v) is 5.72. The molecule has 0 bridgehead atoms. The van der Waals surface area contributed by atoms with E-state index in [1.165, 1.54) is 4.88 Å². The van der Waals surface area contributed by atoms with Gasteiger partial charge >= 0.3 is 0 Å². The number of aromatic nitrogens is 4. The molecule has 7 nitrogen and oxygen atoms in total. The van der Waals surface area contributed by atoms with E-state index in [1.54, 1.807) is 23.3 Å². The van der Waals surface area contributed by atoms with Crippen molar-refractivity contribution in [2.75, 3.05) is 19.6 Å². The molecule has 0 unspecified atom stereocenters. The van der Waals surface area contributed by atoms with Gasteiger partial charge in [-0.2, -0.15) is 0 Å². The second kappa shape index (κ2) is 8.41. The summed E-state index contributed by atoms with van der Waals surface area (Å²) < 4.78 is 1.56. The van der Waals surface area contributed by atoms with Crippen molar-refractivity contribution in [2.24, 2.45) is 5.92 Å². The molecule has 1 amide bonds. The Bertz CT molecular complexity index is 855. The standard InChI is InChI=1S/C19H22N6OS/c26-19(18-14-25(23-22-18)16-3-1-7-20-12-16)21-11-15-5-8-24(9-6-15)13-17-4-2-10-27-17/h1-4,7,10,12,14-15H,5-6,8-9,11,13H2,(H,21,26). The lowest BCUT2D eigenvalue weighted by molar-refractivity contribution is 0.0930. The van der Waals surface area contributed by atoms with Gasteiger partial charge in [0, 0.05) is 24.2 Å². The van der Waals surface area contributed by atoms with E-state index < -0.39 is 0 Å². The fourth-order valence-electron chi connectivity index (χ4n) is 3.28. The zero-order chi connectivity index (χ0) is 18.5. The highest BCUT2D eigenvalue weighted by Crippen LogP contribution is 2.20. The number of nitrogens with one attached hydrogen (secondary N) is 1. The van der Waals surface area contributed by atoms with Gasteiger partial charge in [0.2, 0.25) is 0 Å². The van der Waals surface area contributed by atoms with Gasteiger partial charge in [-0.3, -0.25) is 14.7 Å². The molecule has 1 saturated heterocycles. The van der Waals surface area contributed by atoms with E-state index in [2.05, 4.69) is 43.0 Å². The van der Waals surface area contributed by atoms with Gasteiger partial charge in [0.05, 0.1) is 18.1 Å². The van der Waals surface area contributed by atoms with Crippen LogP contribution < -0.4 is 5.32 Å². The molecule has 1 N–H and O–H groups in total. The second-order valence-corrected chi connectivity index (χ2v) is 7.80. The fraction of sp³-hybridized carbons (Fsp3) is 0.368. The largest absolute Gasteiger partial charge is 0.350 e. The van der Waals surface area contributed by atoms with Crippen molar-refractivity contribution in [3.63, 3.8) is 0 Å². The number of amides is 1. The number of piperidine rings is 1. The van der Waals surface area contributed by atoms with Gasteiger partial charge in [-0.15, -0.1) is 16.4 Å². The summed E-state index contributed by atoms with van der Waals surface area (Å²) in [4.78, 5) is 20.3.